The van der Waals surface area contributed by atoms with Gasteiger partial charge in [-0.05, 0) is 25.1 Å². The Morgan fingerprint density at radius 3 is 2.79 bits per heavy atom. The third-order valence-electron chi connectivity index (χ3n) is 2.33. The number of nitrogens with zero attached hydrogens (tertiary/aromatic N) is 1. The third kappa shape index (κ3) is 4.75. The van der Waals surface area contributed by atoms with Crippen LogP contribution < -0.4 is 0 Å². The molecule has 1 aromatic carbocycles. The smallest absolute Gasteiger partial charge is 0.325 e. The number of carbonyl (C=O) groups excluding carboxylic acids is 2. The molecule has 0 spiro atoms. The van der Waals surface area contributed by atoms with E-state index in [4.69, 9.17) is 16.3 Å². The summed E-state index contributed by atoms with van der Waals surface area (Å²) in [7, 11) is 0. The summed E-state index contributed by atoms with van der Waals surface area (Å²) in [5, 5.41) is 0.473. The second kappa shape index (κ2) is 7.59. The fourth-order valence-electron chi connectivity index (χ4n) is 1.54. The van der Waals surface area contributed by atoms with Crippen molar-refractivity contribution in [1.29, 1.82) is 0 Å². The molecule has 0 aliphatic carbocycles. The summed E-state index contributed by atoms with van der Waals surface area (Å²) in [4.78, 5) is 25.1. The second-order valence-corrected chi connectivity index (χ2v) is 4.23. The Bertz CT molecular complexity index is 474. The summed E-state index contributed by atoms with van der Waals surface area (Å²) in [6, 6.07) is 6.58. The molecule has 0 bridgehead atoms. The van der Waals surface area contributed by atoms with Gasteiger partial charge in [-0.15, -0.1) is 6.58 Å². The molecule has 0 aliphatic heterocycles. The molecule has 0 saturated heterocycles. The van der Waals surface area contributed by atoms with Gasteiger partial charge in [0.2, 0.25) is 0 Å². The van der Waals surface area contributed by atoms with Gasteiger partial charge < -0.3 is 9.64 Å². The Kier molecular flexibility index (Phi) is 6.09. The molecule has 1 rings (SSSR count). The van der Waals surface area contributed by atoms with Crippen LogP contribution in [0.4, 0.5) is 0 Å². The first-order valence-corrected chi connectivity index (χ1v) is 6.27. The van der Waals surface area contributed by atoms with Crippen molar-refractivity contribution in [3.63, 3.8) is 0 Å². The normalized spacial score (nSPS) is 9.79. The predicted octanol–water partition coefficient (Wildman–Crippen LogP) is 2.53. The number of benzene rings is 1. The lowest BCUT2D eigenvalue weighted by Gasteiger charge is -2.20. The number of rotatable bonds is 6. The van der Waals surface area contributed by atoms with E-state index in [1.807, 2.05) is 0 Å². The summed E-state index contributed by atoms with van der Waals surface area (Å²) in [6.07, 6.45) is 1.56. The van der Waals surface area contributed by atoms with Crippen LogP contribution in [-0.2, 0) is 9.53 Å². The minimum atomic E-state index is -0.445. The molecule has 0 atom stereocenters. The van der Waals surface area contributed by atoms with Gasteiger partial charge in [-0.3, -0.25) is 9.59 Å². The van der Waals surface area contributed by atoms with Crippen molar-refractivity contribution in [2.75, 3.05) is 19.7 Å². The van der Waals surface area contributed by atoms with Crippen molar-refractivity contribution in [1.82, 2.24) is 4.90 Å². The average Bonchev–Trinajstić information content (AvgIpc) is 2.37. The van der Waals surface area contributed by atoms with E-state index in [0.29, 0.717) is 10.6 Å². The van der Waals surface area contributed by atoms with Crippen molar-refractivity contribution >= 4 is 23.5 Å². The highest BCUT2D eigenvalue weighted by atomic mass is 35.5. The topological polar surface area (TPSA) is 46.6 Å². The molecule has 0 aromatic heterocycles. The predicted molar refractivity (Wildman–Crippen MR) is 74.2 cm³/mol. The van der Waals surface area contributed by atoms with Crippen LogP contribution in [0.5, 0.6) is 0 Å². The molecule has 5 heteroatoms. The summed E-state index contributed by atoms with van der Waals surface area (Å²) in [6.45, 7) is 5.74. The summed E-state index contributed by atoms with van der Waals surface area (Å²) >= 11 is 5.84. The molecular formula is C14H16ClNO3. The van der Waals surface area contributed by atoms with Crippen LogP contribution in [0.15, 0.2) is 36.9 Å². The van der Waals surface area contributed by atoms with Crippen molar-refractivity contribution in [2.45, 2.75) is 6.92 Å². The van der Waals surface area contributed by atoms with E-state index in [1.165, 1.54) is 4.90 Å². The fraction of sp³-hybridized carbons (Fsp3) is 0.286. The van der Waals surface area contributed by atoms with Crippen molar-refractivity contribution < 1.29 is 14.3 Å². The number of esters is 1. The molecule has 1 amide bonds. The second-order valence-electron chi connectivity index (χ2n) is 3.79. The number of ether oxygens (including phenoxy) is 1. The molecule has 102 valence electrons. The van der Waals surface area contributed by atoms with E-state index in [-0.39, 0.29) is 25.6 Å². The Labute approximate surface area is 117 Å². The van der Waals surface area contributed by atoms with Gasteiger partial charge in [-0.25, -0.2) is 0 Å². The van der Waals surface area contributed by atoms with Gasteiger partial charge in [0, 0.05) is 17.1 Å². The Balaban J connectivity index is 2.83. The van der Waals surface area contributed by atoms with Crippen molar-refractivity contribution in [3.05, 3.63) is 47.5 Å². The zero-order chi connectivity index (χ0) is 14.3. The molecule has 0 unspecified atom stereocenters. The van der Waals surface area contributed by atoms with E-state index < -0.39 is 5.97 Å². The van der Waals surface area contributed by atoms with Crippen molar-refractivity contribution in [3.8, 4) is 0 Å². The Hall–Kier alpha value is -1.81. The monoisotopic (exact) mass is 281 g/mol. The number of halogens is 1. The van der Waals surface area contributed by atoms with Gasteiger partial charge in [-0.1, -0.05) is 23.7 Å². The van der Waals surface area contributed by atoms with Gasteiger partial charge in [-0.2, -0.15) is 0 Å². The highest BCUT2D eigenvalue weighted by Gasteiger charge is 2.18. The van der Waals surface area contributed by atoms with Gasteiger partial charge in [0.05, 0.1) is 6.61 Å². The first-order valence-electron chi connectivity index (χ1n) is 5.89. The Morgan fingerprint density at radius 2 is 2.21 bits per heavy atom. The molecule has 19 heavy (non-hydrogen) atoms. The zero-order valence-electron chi connectivity index (χ0n) is 10.8. The Morgan fingerprint density at radius 1 is 1.47 bits per heavy atom. The summed E-state index contributed by atoms with van der Waals surface area (Å²) in [5.41, 5.74) is 0.429. The van der Waals surface area contributed by atoms with Crippen molar-refractivity contribution in [2.24, 2.45) is 0 Å². The number of carbonyl (C=O) groups is 2. The standard InChI is InChI=1S/C14H16ClNO3/c1-3-8-16(10-13(17)19-4-2)14(18)11-6-5-7-12(15)9-11/h3,5-7,9H,1,4,8,10H2,2H3. The lowest BCUT2D eigenvalue weighted by molar-refractivity contribution is -0.143. The maximum Gasteiger partial charge on any atom is 0.325 e. The van der Waals surface area contributed by atoms with Crippen LogP contribution in [0.25, 0.3) is 0 Å². The molecule has 0 radical (unpaired) electrons. The van der Waals surface area contributed by atoms with Gasteiger partial charge in [0.1, 0.15) is 6.54 Å². The largest absolute Gasteiger partial charge is 0.465 e. The maximum atomic E-state index is 12.2. The highest BCUT2D eigenvalue weighted by molar-refractivity contribution is 6.30. The highest BCUT2D eigenvalue weighted by Crippen LogP contribution is 2.13. The van der Waals surface area contributed by atoms with Gasteiger partial charge in [0.25, 0.3) is 5.91 Å². The fourth-order valence-corrected chi connectivity index (χ4v) is 1.73. The van der Waals surface area contributed by atoms with Gasteiger partial charge in [0.15, 0.2) is 0 Å². The van der Waals surface area contributed by atoms with Gasteiger partial charge >= 0.3 is 5.97 Å². The lowest BCUT2D eigenvalue weighted by Crippen LogP contribution is -2.36. The third-order valence-corrected chi connectivity index (χ3v) is 2.57. The summed E-state index contributed by atoms with van der Waals surface area (Å²) < 4.78 is 4.84. The number of hydrogen-bond donors (Lipinski definition) is 0. The number of hydrogen-bond acceptors (Lipinski definition) is 3. The van der Waals surface area contributed by atoms with Crippen LogP contribution >= 0.6 is 11.6 Å². The zero-order valence-corrected chi connectivity index (χ0v) is 11.5. The van der Waals surface area contributed by atoms with E-state index >= 15 is 0 Å². The molecule has 0 heterocycles. The molecule has 0 fully saturated rings. The van der Waals surface area contributed by atoms with E-state index in [1.54, 1.807) is 37.3 Å². The van der Waals surface area contributed by atoms with E-state index in [9.17, 15) is 9.59 Å². The number of amides is 1. The van der Waals surface area contributed by atoms with E-state index in [2.05, 4.69) is 6.58 Å². The van der Waals surface area contributed by atoms with Crippen LogP contribution in [-0.4, -0.2) is 36.5 Å². The quantitative estimate of drug-likeness (QED) is 0.595. The SMILES string of the molecule is C=CCN(CC(=O)OCC)C(=O)c1cccc(Cl)c1. The minimum absolute atomic E-state index is 0.106. The van der Waals surface area contributed by atoms with Crippen LogP contribution in [0, 0.1) is 0 Å². The van der Waals surface area contributed by atoms with E-state index in [0.717, 1.165) is 0 Å². The molecule has 0 N–H and O–H groups in total. The molecule has 1 aromatic rings. The van der Waals surface area contributed by atoms with Crippen LogP contribution in [0.2, 0.25) is 5.02 Å². The minimum Gasteiger partial charge on any atom is -0.465 e. The first-order chi connectivity index (χ1) is 9.08. The maximum absolute atomic E-state index is 12.2. The average molecular weight is 282 g/mol. The first kappa shape index (κ1) is 15.2. The summed E-state index contributed by atoms with van der Waals surface area (Å²) in [5.74, 6) is -0.727. The van der Waals surface area contributed by atoms with Crippen LogP contribution in [0.3, 0.4) is 0 Å². The molecule has 0 saturated carbocycles. The molecular weight excluding hydrogens is 266 g/mol. The molecule has 4 nitrogen and oxygen atoms in total. The van der Waals surface area contributed by atoms with Crippen LogP contribution in [0.1, 0.15) is 17.3 Å². The molecule has 0 aliphatic rings. The lowest BCUT2D eigenvalue weighted by atomic mass is 10.2.